The Morgan fingerprint density at radius 1 is 1.29 bits per heavy atom. The summed E-state index contributed by atoms with van der Waals surface area (Å²) < 4.78 is 6.11. The Morgan fingerprint density at radius 2 is 1.94 bits per heavy atom. The second kappa shape index (κ2) is 6.41. The number of aliphatic hydroxyl groups is 1. The molecule has 96 valence electrons. The minimum Gasteiger partial charge on any atom is -0.496 e. The van der Waals surface area contributed by atoms with Crippen molar-refractivity contribution in [1.82, 2.24) is 0 Å². The van der Waals surface area contributed by atoms with Gasteiger partial charge >= 0.3 is 0 Å². The summed E-state index contributed by atoms with van der Waals surface area (Å²) in [4.78, 5) is 0. The van der Waals surface area contributed by atoms with Crippen molar-refractivity contribution < 1.29 is 9.84 Å². The summed E-state index contributed by atoms with van der Waals surface area (Å²) in [6.45, 7) is 6.36. The number of hydrogen-bond acceptors (Lipinski definition) is 2. The van der Waals surface area contributed by atoms with Crippen molar-refractivity contribution in [2.45, 2.75) is 33.3 Å². The van der Waals surface area contributed by atoms with Crippen LogP contribution in [0.25, 0.3) is 0 Å². The first kappa shape index (κ1) is 14.5. The molecule has 0 aliphatic rings. The fourth-order valence-electron chi connectivity index (χ4n) is 1.71. The lowest BCUT2D eigenvalue weighted by Gasteiger charge is -2.22. The van der Waals surface area contributed by atoms with Crippen LogP contribution < -0.4 is 4.74 Å². The van der Waals surface area contributed by atoms with Gasteiger partial charge in [0.25, 0.3) is 0 Å². The first-order valence-corrected chi connectivity index (χ1v) is 6.75. The van der Waals surface area contributed by atoms with Crippen LogP contribution in [0, 0.1) is 11.8 Å². The van der Waals surface area contributed by atoms with E-state index in [1.165, 1.54) is 0 Å². The molecule has 0 saturated heterocycles. The van der Waals surface area contributed by atoms with E-state index in [1.54, 1.807) is 7.11 Å². The third-order valence-corrected chi connectivity index (χ3v) is 3.94. The summed E-state index contributed by atoms with van der Waals surface area (Å²) in [5.41, 5.74) is 1.12. The summed E-state index contributed by atoms with van der Waals surface area (Å²) in [5, 5.41) is 10.1. The monoisotopic (exact) mass is 300 g/mol. The van der Waals surface area contributed by atoms with Crippen molar-refractivity contribution in [2.24, 2.45) is 11.8 Å². The van der Waals surface area contributed by atoms with E-state index in [9.17, 15) is 5.11 Å². The topological polar surface area (TPSA) is 29.5 Å². The molecule has 1 aromatic rings. The third kappa shape index (κ3) is 4.00. The zero-order valence-corrected chi connectivity index (χ0v) is 12.5. The largest absolute Gasteiger partial charge is 0.496 e. The van der Waals surface area contributed by atoms with Crippen molar-refractivity contribution in [3.8, 4) is 5.75 Å². The second-order valence-electron chi connectivity index (χ2n) is 4.84. The van der Waals surface area contributed by atoms with E-state index in [0.717, 1.165) is 15.8 Å². The maximum atomic E-state index is 10.1. The van der Waals surface area contributed by atoms with Gasteiger partial charge in [0.2, 0.25) is 0 Å². The summed E-state index contributed by atoms with van der Waals surface area (Å²) in [7, 11) is 1.65. The molecule has 0 spiro atoms. The molecular formula is C14H21BrO2. The van der Waals surface area contributed by atoms with E-state index in [1.807, 2.05) is 18.2 Å². The number of rotatable bonds is 5. The van der Waals surface area contributed by atoms with Crippen LogP contribution in [0.5, 0.6) is 5.75 Å². The fourth-order valence-corrected chi connectivity index (χ4v) is 2.30. The molecule has 2 atom stereocenters. The van der Waals surface area contributed by atoms with E-state index >= 15 is 0 Å². The molecule has 0 aliphatic heterocycles. The van der Waals surface area contributed by atoms with Gasteiger partial charge in [0, 0.05) is 0 Å². The maximum absolute atomic E-state index is 10.1. The lowest BCUT2D eigenvalue weighted by Crippen LogP contribution is -2.24. The highest BCUT2D eigenvalue weighted by molar-refractivity contribution is 9.10. The summed E-state index contributed by atoms with van der Waals surface area (Å²) in [6, 6.07) is 5.93. The average Bonchev–Trinajstić information content (AvgIpc) is 2.28. The number of halogens is 1. The Balaban J connectivity index is 2.72. The summed E-state index contributed by atoms with van der Waals surface area (Å²) >= 11 is 3.46. The van der Waals surface area contributed by atoms with Gasteiger partial charge in [-0.3, -0.25) is 0 Å². The van der Waals surface area contributed by atoms with Gasteiger partial charge in [-0.05, 0) is 51.9 Å². The van der Waals surface area contributed by atoms with Gasteiger partial charge in [-0.15, -0.1) is 0 Å². The molecule has 2 nitrogen and oxygen atoms in total. The van der Waals surface area contributed by atoms with E-state index in [4.69, 9.17) is 4.74 Å². The van der Waals surface area contributed by atoms with Crippen molar-refractivity contribution >= 4 is 15.9 Å². The number of hydrogen-bond donors (Lipinski definition) is 1. The fraction of sp³-hybridized carbons (Fsp3) is 0.571. The highest BCUT2D eigenvalue weighted by Gasteiger charge is 2.18. The predicted octanol–water partition coefficient (Wildman–Crippen LogP) is 3.65. The number of methoxy groups -OCH3 is 1. The highest BCUT2D eigenvalue weighted by atomic mass is 79.9. The molecular weight excluding hydrogens is 280 g/mol. The molecule has 2 unspecified atom stereocenters. The first-order valence-electron chi connectivity index (χ1n) is 5.96. The van der Waals surface area contributed by atoms with Gasteiger partial charge in [0.15, 0.2) is 0 Å². The third-order valence-electron chi connectivity index (χ3n) is 3.32. The van der Waals surface area contributed by atoms with Crippen molar-refractivity contribution in [3.05, 3.63) is 28.2 Å². The molecule has 0 aromatic heterocycles. The quantitative estimate of drug-likeness (QED) is 0.899. The van der Waals surface area contributed by atoms with E-state index in [0.29, 0.717) is 18.3 Å². The first-order chi connectivity index (χ1) is 7.95. The lowest BCUT2D eigenvalue weighted by molar-refractivity contribution is 0.0921. The second-order valence-corrected chi connectivity index (χ2v) is 5.70. The molecule has 0 aliphatic carbocycles. The zero-order valence-electron chi connectivity index (χ0n) is 10.9. The number of benzene rings is 1. The highest BCUT2D eigenvalue weighted by Crippen LogP contribution is 2.27. The van der Waals surface area contributed by atoms with Gasteiger partial charge in [-0.1, -0.05) is 26.8 Å². The number of aliphatic hydroxyl groups excluding tert-OH is 1. The smallest absolute Gasteiger partial charge is 0.133 e. The van der Waals surface area contributed by atoms with Crippen LogP contribution in [0.15, 0.2) is 22.7 Å². The molecule has 0 bridgehead atoms. The van der Waals surface area contributed by atoms with E-state index in [-0.39, 0.29) is 6.10 Å². The van der Waals surface area contributed by atoms with Gasteiger partial charge < -0.3 is 9.84 Å². The van der Waals surface area contributed by atoms with Crippen LogP contribution in [0.4, 0.5) is 0 Å². The number of ether oxygens (including phenoxy) is 1. The van der Waals surface area contributed by atoms with Crippen LogP contribution in [0.2, 0.25) is 0 Å². The lowest BCUT2D eigenvalue weighted by atomic mass is 9.89. The van der Waals surface area contributed by atoms with Crippen molar-refractivity contribution in [3.63, 3.8) is 0 Å². The Labute approximate surface area is 112 Å². The van der Waals surface area contributed by atoms with Crippen molar-refractivity contribution in [1.29, 1.82) is 0 Å². The van der Waals surface area contributed by atoms with Gasteiger partial charge in [-0.25, -0.2) is 0 Å². The van der Waals surface area contributed by atoms with Gasteiger partial charge in [-0.2, -0.15) is 0 Å². The van der Waals surface area contributed by atoms with Gasteiger partial charge in [0.05, 0.1) is 17.7 Å². The Bertz CT molecular complexity index is 363. The SMILES string of the molecule is COc1ccc(CC(O)C(C)C(C)C)cc1Br. The standard InChI is InChI=1S/C14H21BrO2/c1-9(2)10(3)13(16)8-11-5-6-14(17-4)12(15)7-11/h5-7,9-10,13,16H,8H2,1-4H3. The summed E-state index contributed by atoms with van der Waals surface area (Å²) in [5.74, 6) is 1.61. The molecule has 3 heteroatoms. The Kier molecular flexibility index (Phi) is 5.47. The molecule has 0 amide bonds. The van der Waals surface area contributed by atoms with E-state index < -0.39 is 0 Å². The van der Waals surface area contributed by atoms with Crippen LogP contribution in [0.1, 0.15) is 26.3 Å². The molecule has 0 fully saturated rings. The van der Waals surface area contributed by atoms with Crippen LogP contribution >= 0.6 is 15.9 Å². The molecule has 1 aromatic carbocycles. The summed E-state index contributed by atoms with van der Waals surface area (Å²) in [6.07, 6.45) is 0.386. The van der Waals surface area contributed by atoms with Crippen molar-refractivity contribution in [2.75, 3.05) is 7.11 Å². The molecule has 0 heterocycles. The predicted molar refractivity (Wildman–Crippen MR) is 74.4 cm³/mol. The minimum absolute atomic E-state index is 0.296. The normalized spacial score (nSPS) is 14.8. The Morgan fingerprint density at radius 3 is 2.41 bits per heavy atom. The van der Waals surface area contributed by atoms with E-state index in [2.05, 4.69) is 36.7 Å². The Hall–Kier alpha value is -0.540. The molecule has 0 radical (unpaired) electrons. The zero-order chi connectivity index (χ0) is 13.0. The van der Waals surface area contributed by atoms with Crippen LogP contribution in [-0.2, 0) is 6.42 Å². The molecule has 17 heavy (non-hydrogen) atoms. The molecule has 0 saturated carbocycles. The molecule has 1 rings (SSSR count). The minimum atomic E-state index is -0.296. The molecule has 1 N–H and O–H groups in total. The van der Waals surface area contributed by atoms with Crippen LogP contribution in [-0.4, -0.2) is 18.3 Å². The average molecular weight is 301 g/mol. The van der Waals surface area contributed by atoms with Crippen LogP contribution in [0.3, 0.4) is 0 Å². The van der Waals surface area contributed by atoms with Gasteiger partial charge in [0.1, 0.15) is 5.75 Å². The maximum Gasteiger partial charge on any atom is 0.133 e.